The number of amides is 7. The van der Waals surface area contributed by atoms with E-state index in [2.05, 4.69) is 72.8 Å². The second-order valence-corrected chi connectivity index (χ2v) is 33.7. The van der Waals surface area contributed by atoms with Crippen LogP contribution in [0.2, 0.25) is 0 Å². The van der Waals surface area contributed by atoms with E-state index in [1.54, 1.807) is 30.1 Å². The topological polar surface area (TPSA) is 562 Å². The number of nitrogens with two attached hydrogens (primary N) is 1. The number of rotatable bonds is 67. The Labute approximate surface area is 771 Å². The number of carbonyl (C=O) groups is 12. The number of Topliss-reactive ketones (excluding diaryl/α,β-unsaturated/α-hetero) is 4. The van der Waals surface area contributed by atoms with Gasteiger partial charge in [0.1, 0.15) is 40.8 Å². The predicted molar refractivity (Wildman–Crippen MR) is 480 cm³/mol. The number of aromatic amines is 2. The highest BCUT2D eigenvalue weighted by Crippen LogP contribution is 2.33. The standard InChI is InChI=1S/C93H129FN16O23/c1-10-64-46-71(133-31-14-13-30-110-54-70(104-109-110)56-132-41-40-131-39-38-130-37-36-129-35-34-128-33-32-127-9)24-25-72(64)65-22-20-62(21-23-65)45-67(87(122)99-74(86(95)121)19-15-16-63-43-58(2)42-59(3)44-63)47-78(115)76(50-83(119)120)100-88(123)68(55-111)48-79(116)84(60(4)112)103-91(126)93(8,51-66-17-11-12-18-73(66)94)52-80(117)85(61(5)113)102-82(118)27-26-77(114)75(49-81-105-107-108-106-81)101-90(125)92(6,7)89(124)97-29-28-69-53-96-57-98-69/h11-12,17-18,20-25,42-44,46,53-54,57,60-61,67-68,74-76,84-85,111-113H,10,13-16,19,26-41,45,47-52,55-56H2,1-9H3,(H2,95,121)(H,96,98)(H,97,124)(H,99,122)(H,100,123)(H,101,125)(H,102,118)(H,103,126)(H,119,120)(H,105,106,107,108)/t60-,61-,67-,68+,74+,75+,76+,84+,85+,93+/m1/s1. The molecule has 7 aromatic rings. The lowest BCUT2D eigenvalue weighted by atomic mass is 9.76. The Balaban J connectivity index is 0.979. The molecule has 0 bridgehead atoms. The first-order valence-corrected chi connectivity index (χ1v) is 44.6. The van der Waals surface area contributed by atoms with Crippen molar-refractivity contribution in [1.29, 1.82) is 0 Å². The van der Waals surface area contributed by atoms with Gasteiger partial charge in [-0.15, -0.1) is 10.2 Å². The van der Waals surface area contributed by atoms with Crippen molar-refractivity contribution in [3.05, 3.63) is 160 Å². The Morgan fingerprint density at radius 2 is 1.26 bits per heavy atom. The number of hydrogen-bond donors (Lipinski definition) is 13. The van der Waals surface area contributed by atoms with E-state index in [0.29, 0.717) is 122 Å². The Kier molecular flexibility index (Phi) is 45.7. The van der Waals surface area contributed by atoms with E-state index in [1.807, 2.05) is 75.5 Å². The number of aromatic nitrogens is 9. The summed E-state index contributed by atoms with van der Waals surface area (Å²) < 4.78 is 56.2. The molecule has 0 spiro atoms. The molecule has 40 heteroatoms. The zero-order valence-corrected chi connectivity index (χ0v) is 77.1. The highest BCUT2D eigenvalue weighted by molar-refractivity contribution is 6.06. The van der Waals surface area contributed by atoms with Crippen LogP contribution in [0.1, 0.15) is 156 Å². The number of unbranched alkanes of at least 4 members (excludes halogenated alkanes) is 1. The van der Waals surface area contributed by atoms with Gasteiger partial charge in [0, 0.05) is 83.0 Å². The number of imidazole rings is 1. The molecule has 4 aromatic carbocycles. The average molecular weight is 1860 g/mol. The molecule has 133 heavy (non-hydrogen) atoms. The normalized spacial score (nSPS) is 14.0. The number of hydrogen-bond acceptors (Lipinski definition) is 28. The molecule has 0 aliphatic carbocycles. The number of aliphatic hydroxyl groups excluding tert-OH is 3. The molecule has 0 saturated carbocycles. The van der Waals surface area contributed by atoms with Gasteiger partial charge in [-0.05, 0) is 155 Å². The van der Waals surface area contributed by atoms with Gasteiger partial charge in [-0.1, -0.05) is 96.9 Å². The van der Waals surface area contributed by atoms with E-state index in [4.69, 9.17) is 38.9 Å². The molecule has 0 aliphatic rings. The van der Waals surface area contributed by atoms with Crippen molar-refractivity contribution in [3.63, 3.8) is 0 Å². The number of primary amides is 1. The number of benzene rings is 4. The van der Waals surface area contributed by atoms with Crippen LogP contribution in [0.3, 0.4) is 0 Å². The summed E-state index contributed by atoms with van der Waals surface area (Å²) in [7, 11) is 1.62. The van der Waals surface area contributed by atoms with E-state index >= 15 is 4.39 Å². The molecule has 0 saturated heterocycles. The molecular weight excluding hydrogens is 1730 g/mol. The Morgan fingerprint density at radius 3 is 1.86 bits per heavy atom. The number of tetrazole rings is 1. The van der Waals surface area contributed by atoms with Gasteiger partial charge in [0.2, 0.25) is 41.4 Å². The Hall–Kier alpha value is -11.9. The summed E-state index contributed by atoms with van der Waals surface area (Å²) in [5.74, 6) is -15.3. The first kappa shape index (κ1) is 108. The molecule has 0 radical (unpaired) electrons. The first-order chi connectivity index (χ1) is 63.6. The lowest BCUT2D eigenvalue weighted by molar-refractivity contribution is -0.143. The molecule has 0 unspecified atom stereocenters. The number of carboxylic acids is 1. The van der Waals surface area contributed by atoms with Gasteiger partial charge in [-0.3, -0.25) is 62.2 Å². The fourth-order valence-electron chi connectivity index (χ4n) is 14.7. The van der Waals surface area contributed by atoms with Gasteiger partial charge in [0.15, 0.2) is 29.0 Å². The average Bonchev–Trinajstić information content (AvgIpc) is 1.81. The van der Waals surface area contributed by atoms with Crippen LogP contribution >= 0.6 is 0 Å². The third-order valence-corrected chi connectivity index (χ3v) is 22.2. The molecule has 7 rings (SSSR count). The van der Waals surface area contributed by atoms with Crippen LogP contribution in [0, 0.1) is 42.3 Å². The van der Waals surface area contributed by atoms with Crippen LogP contribution in [0.5, 0.6) is 5.75 Å². The molecule has 3 heterocycles. The van der Waals surface area contributed by atoms with Gasteiger partial charge in [-0.2, -0.15) is 0 Å². The summed E-state index contributed by atoms with van der Waals surface area (Å²) in [5.41, 5.74) is 9.62. The number of aliphatic carboxylic acids is 1. The molecule has 14 N–H and O–H groups in total. The molecular formula is C93H129FN16O23. The maximum atomic E-state index is 15.7. The number of methoxy groups -OCH3 is 1. The zero-order chi connectivity index (χ0) is 97.0. The van der Waals surface area contributed by atoms with Gasteiger partial charge in [0.25, 0.3) is 0 Å². The van der Waals surface area contributed by atoms with E-state index in [0.717, 1.165) is 71.8 Å². The monoisotopic (exact) mass is 1860 g/mol. The summed E-state index contributed by atoms with van der Waals surface area (Å²) >= 11 is 0. The summed E-state index contributed by atoms with van der Waals surface area (Å²) in [4.78, 5) is 175. The maximum absolute atomic E-state index is 15.7. The first-order valence-electron chi connectivity index (χ1n) is 44.6. The largest absolute Gasteiger partial charge is 0.494 e. The molecule has 39 nitrogen and oxygen atoms in total. The van der Waals surface area contributed by atoms with Gasteiger partial charge in [-0.25, -0.2) is 14.5 Å². The summed E-state index contributed by atoms with van der Waals surface area (Å²) in [6, 6.07) is 15.8. The minimum absolute atomic E-state index is 0.0537. The minimum atomic E-state index is -2.12. The van der Waals surface area contributed by atoms with Crippen molar-refractivity contribution in [2.45, 2.75) is 214 Å². The van der Waals surface area contributed by atoms with Crippen LogP contribution < -0.4 is 42.4 Å². The smallest absolute Gasteiger partial charge is 0.305 e. The van der Waals surface area contributed by atoms with Crippen LogP contribution in [0.25, 0.3) is 11.1 Å². The van der Waals surface area contributed by atoms with Crippen LogP contribution in [-0.4, -0.2) is 272 Å². The van der Waals surface area contributed by atoms with E-state index in [1.165, 1.54) is 45.3 Å². The maximum Gasteiger partial charge on any atom is 0.305 e. The van der Waals surface area contributed by atoms with Crippen LogP contribution in [0.15, 0.2) is 104 Å². The number of nitrogens with one attached hydrogen (secondary N) is 8. The fourth-order valence-corrected chi connectivity index (χ4v) is 14.7. The number of aryl methyl sites for hydroxylation is 5. The van der Waals surface area contributed by atoms with Crippen molar-refractivity contribution in [3.8, 4) is 16.9 Å². The lowest BCUT2D eigenvalue weighted by Gasteiger charge is -2.33. The van der Waals surface area contributed by atoms with Crippen molar-refractivity contribution in [1.82, 2.24) is 77.5 Å². The number of nitrogens with zero attached hydrogens (tertiary/aromatic N) is 7. The van der Waals surface area contributed by atoms with Crippen molar-refractivity contribution in [2.75, 3.05) is 92.9 Å². The lowest BCUT2D eigenvalue weighted by Crippen LogP contribution is -2.55. The SMILES string of the molecule is CCc1cc(OCCCCn2cc(COCCOCCOCCOCCOCCOC)nn2)ccc1-c1ccc(C[C@H](CC(=O)[C@H](CC(=O)O)NC(=O)[C@H](CO)CC(=O)[C@@H](NC(=O)[C@](C)(CC(=O)[C@@H](NC(=O)CCC(=O)[C@H](Cc2nnn[nH]2)NC(=O)C(C)(C)C(=O)NCCc2cnc[nH]2)[C@@H](C)O)Cc2ccccc2F)[C@@H](C)O)C(=O)N[C@@H](CCCc2cc(C)cc(C)c2)C(N)=O)cc1. The van der Waals surface area contributed by atoms with Gasteiger partial charge in [0.05, 0.1) is 140 Å². The van der Waals surface area contributed by atoms with Crippen LogP contribution in [0.4, 0.5) is 4.39 Å². The number of ether oxygens (including phenoxy) is 7. The fraction of sp³-hybridized carbons (Fsp3) is 0.548. The molecule has 0 fully saturated rings. The Bertz CT molecular complexity index is 4860. The summed E-state index contributed by atoms with van der Waals surface area (Å²) in [6.45, 7) is 16.9. The predicted octanol–water partition coefficient (Wildman–Crippen LogP) is 3.63. The number of carboxylic acid groups (broad SMARTS) is 1. The number of H-pyrrole nitrogens is 2. The van der Waals surface area contributed by atoms with Gasteiger partial charge < -0.3 is 96.2 Å². The molecule has 726 valence electrons. The van der Waals surface area contributed by atoms with E-state index in [9.17, 15) is 78.0 Å². The van der Waals surface area contributed by atoms with Crippen molar-refractivity contribution < 1.29 is 116 Å². The van der Waals surface area contributed by atoms with Gasteiger partial charge >= 0.3 is 5.97 Å². The quantitative estimate of drug-likeness (QED) is 0.0191. The second kappa shape index (κ2) is 56.2. The minimum Gasteiger partial charge on any atom is -0.494 e. The molecule has 0 aliphatic heterocycles. The second-order valence-electron chi connectivity index (χ2n) is 33.7. The number of carbonyl (C=O) groups excluding carboxylic acids is 11. The zero-order valence-electron chi connectivity index (χ0n) is 77.1. The highest BCUT2D eigenvalue weighted by atomic mass is 19.1. The Morgan fingerprint density at radius 1 is 0.617 bits per heavy atom. The summed E-state index contributed by atoms with van der Waals surface area (Å²) in [6.07, 6.45) is -1.11. The molecule has 7 amide bonds. The third kappa shape index (κ3) is 37.2. The van der Waals surface area contributed by atoms with Crippen LogP contribution in [-0.2, 0) is 138 Å². The molecule has 10 atom stereocenters. The number of aliphatic hydroxyl groups is 3. The number of halogens is 1. The number of ketones is 4. The van der Waals surface area contributed by atoms with E-state index in [-0.39, 0.29) is 43.8 Å². The van der Waals surface area contributed by atoms with Crippen molar-refractivity contribution in [2.24, 2.45) is 28.4 Å². The third-order valence-electron chi connectivity index (χ3n) is 22.2. The highest BCUT2D eigenvalue weighted by Gasteiger charge is 2.44. The molecule has 3 aromatic heterocycles. The van der Waals surface area contributed by atoms with Crippen molar-refractivity contribution >= 4 is 70.5 Å². The summed E-state index contributed by atoms with van der Waals surface area (Å²) in [5, 5.41) is 80.2. The van der Waals surface area contributed by atoms with E-state index < -0.39 is 193 Å².